The summed E-state index contributed by atoms with van der Waals surface area (Å²) in [5.41, 5.74) is 0.731. The van der Waals surface area contributed by atoms with Gasteiger partial charge in [-0.2, -0.15) is 0 Å². The first-order chi connectivity index (χ1) is 11.1. The number of hydrogen-bond donors (Lipinski definition) is 0. The van der Waals surface area contributed by atoms with E-state index in [1.54, 1.807) is 0 Å². The Hall–Kier alpha value is -0.120. The second-order valence-electron chi connectivity index (χ2n) is 11.1. The van der Waals surface area contributed by atoms with Gasteiger partial charge in [0.15, 0.2) is 0 Å². The van der Waals surface area contributed by atoms with Gasteiger partial charge in [-0.15, -0.1) is 0 Å². The van der Waals surface area contributed by atoms with Crippen molar-refractivity contribution in [1.82, 2.24) is 14.7 Å². The van der Waals surface area contributed by atoms with E-state index in [0.717, 1.165) is 30.0 Å². The van der Waals surface area contributed by atoms with E-state index in [1.165, 1.54) is 51.9 Å². The fraction of sp³-hybridized carbons (Fsp3) is 1.00. The van der Waals surface area contributed by atoms with Crippen molar-refractivity contribution in [1.29, 1.82) is 0 Å². The molecule has 0 amide bonds. The number of hydrogen-bond acceptors (Lipinski definition) is 3. The first kappa shape index (κ1) is 17.3. The van der Waals surface area contributed by atoms with Gasteiger partial charge < -0.3 is 0 Å². The third kappa shape index (κ3) is 2.95. The Morgan fingerprint density at radius 3 is 1.50 bits per heavy atom. The smallest absolute Gasteiger partial charge is 0.0356 e. The lowest BCUT2D eigenvalue weighted by molar-refractivity contribution is -0.0809. The average molecular weight is 334 g/mol. The van der Waals surface area contributed by atoms with Gasteiger partial charge in [-0.1, -0.05) is 0 Å². The molecular weight excluding hydrogens is 294 g/mol. The summed E-state index contributed by atoms with van der Waals surface area (Å²) in [4.78, 5) is 8.31. The normalized spacial score (nSPS) is 37.5. The van der Waals surface area contributed by atoms with Gasteiger partial charge in [0.2, 0.25) is 0 Å². The zero-order chi connectivity index (χ0) is 17.3. The minimum Gasteiger partial charge on any atom is -0.298 e. The third-order valence-electron chi connectivity index (χ3n) is 7.58. The molecule has 0 spiro atoms. The highest BCUT2D eigenvalue weighted by Gasteiger charge is 2.51. The van der Waals surface area contributed by atoms with E-state index in [4.69, 9.17) is 0 Å². The van der Waals surface area contributed by atoms with Crippen molar-refractivity contribution >= 4 is 0 Å². The summed E-state index contributed by atoms with van der Waals surface area (Å²) in [5, 5.41) is 0. The van der Waals surface area contributed by atoms with Crippen LogP contribution in [-0.2, 0) is 0 Å². The fourth-order valence-corrected chi connectivity index (χ4v) is 5.79. The van der Waals surface area contributed by atoms with Crippen molar-refractivity contribution in [2.75, 3.05) is 26.2 Å². The fourth-order valence-electron chi connectivity index (χ4n) is 5.79. The maximum absolute atomic E-state index is 2.97. The molecule has 0 aromatic rings. The van der Waals surface area contributed by atoms with Crippen LogP contribution < -0.4 is 0 Å². The van der Waals surface area contributed by atoms with Crippen molar-refractivity contribution in [3.8, 4) is 0 Å². The van der Waals surface area contributed by atoms with Gasteiger partial charge in [-0.3, -0.25) is 14.7 Å². The molecule has 2 bridgehead atoms. The molecule has 24 heavy (non-hydrogen) atoms. The Morgan fingerprint density at radius 2 is 1.04 bits per heavy atom. The van der Waals surface area contributed by atoms with Crippen LogP contribution in [0.15, 0.2) is 0 Å². The van der Waals surface area contributed by atoms with Gasteiger partial charge in [0.1, 0.15) is 0 Å². The van der Waals surface area contributed by atoms with Crippen molar-refractivity contribution in [2.45, 2.75) is 96.4 Å². The van der Waals surface area contributed by atoms with Crippen LogP contribution in [-0.4, -0.2) is 70.1 Å². The van der Waals surface area contributed by atoms with Crippen molar-refractivity contribution < 1.29 is 0 Å². The Labute approximate surface area is 149 Å². The maximum atomic E-state index is 2.97. The zero-order valence-corrected chi connectivity index (χ0v) is 16.9. The number of likely N-dealkylation sites (tertiary alicyclic amines) is 2. The lowest BCUT2D eigenvalue weighted by atomic mass is 9.75. The van der Waals surface area contributed by atoms with Crippen LogP contribution >= 0.6 is 0 Å². The van der Waals surface area contributed by atoms with Crippen LogP contribution in [0.25, 0.3) is 0 Å². The van der Waals surface area contributed by atoms with E-state index >= 15 is 0 Å². The molecule has 0 aromatic carbocycles. The summed E-state index contributed by atoms with van der Waals surface area (Å²) in [6.07, 6.45) is 5.93. The summed E-state index contributed by atoms with van der Waals surface area (Å²) < 4.78 is 0. The highest BCUT2D eigenvalue weighted by molar-refractivity contribution is 5.06. The molecule has 4 aliphatic heterocycles. The summed E-state index contributed by atoms with van der Waals surface area (Å²) in [6, 6.07) is 2.67. The predicted octanol–water partition coefficient (Wildman–Crippen LogP) is 3.44. The Kier molecular flexibility index (Phi) is 4.10. The van der Waals surface area contributed by atoms with Gasteiger partial charge in [-0.05, 0) is 79.1 Å². The summed E-state index contributed by atoms with van der Waals surface area (Å²) in [6.45, 7) is 19.5. The first-order valence-electron chi connectivity index (χ1n) is 10.4. The Balaban J connectivity index is 1.31. The molecule has 0 aromatic heterocycles. The molecule has 4 saturated heterocycles. The number of rotatable bonds is 2. The van der Waals surface area contributed by atoms with E-state index in [0.29, 0.717) is 11.1 Å². The second kappa shape index (κ2) is 5.69. The summed E-state index contributed by atoms with van der Waals surface area (Å²) in [7, 11) is 0. The van der Waals surface area contributed by atoms with Crippen LogP contribution in [0, 0.1) is 11.8 Å². The minimum absolute atomic E-state index is 0.357. The summed E-state index contributed by atoms with van der Waals surface area (Å²) >= 11 is 0. The monoisotopic (exact) mass is 333 g/mol. The molecule has 2 unspecified atom stereocenters. The van der Waals surface area contributed by atoms with E-state index < -0.39 is 0 Å². The lowest BCUT2D eigenvalue weighted by Crippen LogP contribution is -2.68. The van der Waals surface area contributed by atoms with Crippen LogP contribution in [0.5, 0.6) is 0 Å². The SMILES string of the molecule is CC(C)(C)N1CC(C2CC3CCC(C2)N3C2CN(C(C)(C)C)C2)C1. The van der Waals surface area contributed by atoms with E-state index in [1.807, 2.05) is 0 Å². The number of piperidine rings is 1. The molecule has 3 heteroatoms. The molecule has 3 nitrogen and oxygen atoms in total. The van der Waals surface area contributed by atoms with Gasteiger partial charge in [0.05, 0.1) is 0 Å². The molecule has 0 N–H and O–H groups in total. The Bertz CT molecular complexity index is 448. The molecule has 4 fully saturated rings. The zero-order valence-electron chi connectivity index (χ0n) is 16.9. The van der Waals surface area contributed by atoms with Crippen molar-refractivity contribution in [3.05, 3.63) is 0 Å². The topological polar surface area (TPSA) is 9.72 Å². The standard InChI is InChI=1S/C21H39N3/c1-20(2,3)22-11-16(12-22)15-9-17-7-8-18(10-15)24(17)19-13-23(14-19)21(4,5)6/h15-19H,7-14H2,1-6H3. The highest BCUT2D eigenvalue weighted by atomic mass is 15.4. The van der Waals surface area contributed by atoms with Crippen LogP contribution in [0.1, 0.15) is 67.2 Å². The molecule has 0 radical (unpaired) electrons. The Morgan fingerprint density at radius 1 is 0.583 bits per heavy atom. The lowest BCUT2D eigenvalue weighted by Gasteiger charge is -2.57. The largest absolute Gasteiger partial charge is 0.298 e. The van der Waals surface area contributed by atoms with Crippen LogP contribution in [0.2, 0.25) is 0 Å². The molecule has 2 atom stereocenters. The highest BCUT2D eigenvalue weighted by Crippen LogP contribution is 2.46. The molecule has 0 aliphatic carbocycles. The maximum Gasteiger partial charge on any atom is 0.0356 e. The molecule has 4 rings (SSSR count). The second-order valence-corrected chi connectivity index (χ2v) is 11.1. The van der Waals surface area contributed by atoms with E-state index in [2.05, 4.69) is 56.2 Å². The van der Waals surface area contributed by atoms with Gasteiger partial charge in [0.25, 0.3) is 0 Å². The molecule has 4 aliphatic rings. The van der Waals surface area contributed by atoms with E-state index in [-0.39, 0.29) is 0 Å². The third-order valence-corrected chi connectivity index (χ3v) is 7.58. The summed E-state index contributed by atoms with van der Waals surface area (Å²) in [5.74, 6) is 2.00. The van der Waals surface area contributed by atoms with Gasteiger partial charge >= 0.3 is 0 Å². The van der Waals surface area contributed by atoms with Crippen molar-refractivity contribution in [2.24, 2.45) is 11.8 Å². The molecular formula is C21H39N3. The quantitative estimate of drug-likeness (QED) is 0.766. The predicted molar refractivity (Wildman–Crippen MR) is 101 cm³/mol. The number of nitrogens with zero attached hydrogens (tertiary/aromatic N) is 3. The van der Waals surface area contributed by atoms with E-state index in [9.17, 15) is 0 Å². The van der Waals surface area contributed by atoms with Crippen LogP contribution in [0.4, 0.5) is 0 Å². The first-order valence-corrected chi connectivity index (χ1v) is 10.4. The van der Waals surface area contributed by atoms with Gasteiger partial charge in [-0.25, -0.2) is 0 Å². The molecule has 0 saturated carbocycles. The van der Waals surface area contributed by atoms with Crippen LogP contribution in [0.3, 0.4) is 0 Å². The average Bonchev–Trinajstić information content (AvgIpc) is 2.56. The van der Waals surface area contributed by atoms with Crippen molar-refractivity contribution in [3.63, 3.8) is 0 Å². The minimum atomic E-state index is 0.357. The number of fused-ring (bicyclic) bond motifs is 2. The molecule has 138 valence electrons. The van der Waals surface area contributed by atoms with Gasteiger partial charge in [0, 0.05) is 55.4 Å². The molecule has 4 heterocycles.